The maximum atomic E-state index is 12.3. The van der Waals surface area contributed by atoms with Gasteiger partial charge in [0.2, 0.25) is 5.91 Å². The SMILES string of the molecule is CC(=O)c1cccc(NC(=O)Cc2cnc(-c3ccc(Cl)cc3)[nH]c2=O)c1. The molecule has 0 saturated carbocycles. The fraction of sp³-hybridized carbons (Fsp3) is 0.100. The highest BCUT2D eigenvalue weighted by atomic mass is 35.5. The van der Waals surface area contributed by atoms with E-state index >= 15 is 0 Å². The number of amides is 1. The van der Waals surface area contributed by atoms with Gasteiger partial charge in [0.25, 0.3) is 5.56 Å². The molecular weight excluding hydrogens is 366 g/mol. The minimum Gasteiger partial charge on any atom is -0.326 e. The quantitative estimate of drug-likeness (QED) is 0.662. The molecule has 1 aromatic heterocycles. The predicted octanol–water partition coefficient (Wildman–Crippen LogP) is 3.47. The van der Waals surface area contributed by atoms with Crippen LogP contribution < -0.4 is 10.9 Å². The van der Waals surface area contributed by atoms with E-state index in [9.17, 15) is 14.4 Å². The number of nitrogens with zero attached hydrogens (tertiary/aromatic N) is 1. The summed E-state index contributed by atoms with van der Waals surface area (Å²) in [6.45, 7) is 1.45. The van der Waals surface area contributed by atoms with E-state index < -0.39 is 0 Å². The third kappa shape index (κ3) is 4.68. The molecule has 7 heteroatoms. The third-order valence-electron chi connectivity index (χ3n) is 3.89. The first-order valence-electron chi connectivity index (χ1n) is 8.17. The Labute approximate surface area is 160 Å². The van der Waals surface area contributed by atoms with Crippen LogP contribution in [0.5, 0.6) is 0 Å². The molecule has 1 amide bonds. The van der Waals surface area contributed by atoms with Crippen LogP contribution in [0, 0.1) is 0 Å². The molecule has 3 rings (SSSR count). The molecule has 0 bridgehead atoms. The van der Waals surface area contributed by atoms with E-state index in [1.807, 2.05) is 0 Å². The van der Waals surface area contributed by atoms with Gasteiger partial charge in [-0.15, -0.1) is 0 Å². The number of hydrogen-bond acceptors (Lipinski definition) is 4. The maximum Gasteiger partial charge on any atom is 0.254 e. The first-order chi connectivity index (χ1) is 12.9. The summed E-state index contributed by atoms with van der Waals surface area (Å²) >= 11 is 5.85. The number of hydrogen-bond donors (Lipinski definition) is 2. The Balaban J connectivity index is 1.73. The van der Waals surface area contributed by atoms with E-state index in [2.05, 4.69) is 15.3 Å². The van der Waals surface area contributed by atoms with Crippen LogP contribution in [0.4, 0.5) is 5.69 Å². The minimum atomic E-state index is -0.386. The number of halogens is 1. The van der Waals surface area contributed by atoms with Gasteiger partial charge in [-0.25, -0.2) is 4.98 Å². The van der Waals surface area contributed by atoms with Gasteiger partial charge in [0.1, 0.15) is 5.82 Å². The van der Waals surface area contributed by atoms with Gasteiger partial charge < -0.3 is 10.3 Å². The summed E-state index contributed by atoms with van der Waals surface area (Å²) < 4.78 is 0. The second-order valence-corrected chi connectivity index (χ2v) is 6.39. The largest absolute Gasteiger partial charge is 0.326 e. The zero-order valence-corrected chi connectivity index (χ0v) is 15.2. The lowest BCUT2D eigenvalue weighted by Gasteiger charge is -2.07. The monoisotopic (exact) mass is 381 g/mol. The van der Waals surface area contributed by atoms with Gasteiger partial charge >= 0.3 is 0 Å². The Hall–Kier alpha value is -3.25. The fourth-order valence-electron chi connectivity index (χ4n) is 2.50. The van der Waals surface area contributed by atoms with Crippen molar-refractivity contribution in [3.8, 4) is 11.4 Å². The summed E-state index contributed by atoms with van der Waals surface area (Å²) in [6, 6.07) is 13.5. The van der Waals surface area contributed by atoms with Crippen molar-refractivity contribution in [2.45, 2.75) is 13.3 Å². The highest BCUT2D eigenvalue weighted by Gasteiger charge is 2.11. The van der Waals surface area contributed by atoms with E-state index in [0.717, 1.165) is 0 Å². The maximum absolute atomic E-state index is 12.3. The topological polar surface area (TPSA) is 91.9 Å². The number of anilines is 1. The van der Waals surface area contributed by atoms with Crippen molar-refractivity contribution in [2.24, 2.45) is 0 Å². The fourth-order valence-corrected chi connectivity index (χ4v) is 2.62. The first kappa shape index (κ1) is 18.5. The Morgan fingerprint density at radius 2 is 1.89 bits per heavy atom. The Morgan fingerprint density at radius 1 is 1.15 bits per heavy atom. The summed E-state index contributed by atoms with van der Waals surface area (Å²) in [5, 5.41) is 3.27. The second kappa shape index (κ2) is 7.97. The first-order valence-corrected chi connectivity index (χ1v) is 8.55. The second-order valence-electron chi connectivity index (χ2n) is 5.96. The molecule has 0 fully saturated rings. The van der Waals surface area contributed by atoms with Gasteiger partial charge in [-0.3, -0.25) is 14.4 Å². The highest BCUT2D eigenvalue weighted by Crippen LogP contribution is 2.17. The van der Waals surface area contributed by atoms with Crippen LogP contribution >= 0.6 is 11.6 Å². The van der Waals surface area contributed by atoms with Crippen LogP contribution in [-0.2, 0) is 11.2 Å². The molecule has 0 saturated heterocycles. The van der Waals surface area contributed by atoms with Crippen molar-refractivity contribution >= 4 is 29.0 Å². The standard InChI is InChI=1S/C20H16ClN3O3/c1-12(25)14-3-2-4-17(9-14)23-18(26)10-15-11-22-19(24-20(15)27)13-5-7-16(21)8-6-13/h2-9,11H,10H2,1H3,(H,23,26)(H,22,24,27). The van der Waals surface area contributed by atoms with Gasteiger partial charge in [0, 0.05) is 33.6 Å². The minimum absolute atomic E-state index is 0.0930. The van der Waals surface area contributed by atoms with Gasteiger partial charge in [0.15, 0.2) is 5.78 Å². The van der Waals surface area contributed by atoms with Crippen LogP contribution in [0.2, 0.25) is 5.02 Å². The number of aromatic nitrogens is 2. The lowest BCUT2D eigenvalue weighted by Crippen LogP contribution is -2.22. The van der Waals surface area contributed by atoms with Crippen molar-refractivity contribution in [3.63, 3.8) is 0 Å². The van der Waals surface area contributed by atoms with E-state index in [0.29, 0.717) is 27.7 Å². The number of rotatable bonds is 5. The van der Waals surface area contributed by atoms with Crippen LogP contribution in [0.3, 0.4) is 0 Å². The average molecular weight is 382 g/mol. The van der Waals surface area contributed by atoms with E-state index in [4.69, 9.17) is 11.6 Å². The molecule has 136 valence electrons. The summed E-state index contributed by atoms with van der Waals surface area (Å²) in [5.74, 6) is -0.0678. The normalized spacial score (nSPS) is 10.4. The van der Waals surface area contributed by atoms with Crippen LogP contribution in [0.25, 0.3) is 11.4 Å². The zero-order chi connectivity index (χ0) is 19.4. The van der Waals surface area contributed by atoms with E-state index in [-0.39, 0.29) is 29.2 Å². The number of benzene rings is 2. The number of nitrogens with one attached hydrogen (secondary N) is 2. The van der Waals surface area contributed by atoms with Gasteiger partial charge in [-0.1, -0.05) is 23.7 Å². The molecule has 3 aromatic rings. The summed E-state index contributed by atoms with van der Waals surface area (Å²) in [6.07, 6.45) is 1.25. The molecule has 6 nitrogen and oxygen atoms in total. The molecule has 0 radical (unpaired) electrons. The van der Waals surface area contributed by atoms with Crippen LogP contribution in [0.15, 0.2) is 59.5 Å². The third-order valence-corrected chi connectivity index (χ3v) is 4.15. The predicted molar refractivity (Wildman–Crippen MR) is 104 cm³/mol. The molecule has 0 spiro atoms. The molecule has 0 unspecified atom stereocenters. The molecule has 0 aliphatic heterocycles. The Kier molecular flexibility index (Phi) is 5.47. The number of aromatic amines is 1. The molecular formula is C20H16ClN3O3. The summed E-state index contributed by atoms with van der Waals surface area (Å²) in [7, 11) is 0. The van der Waals surface area contributed by atoms with Crippen LogP contribution in [0.1, 0.15) is 22.8 Å². The molecule has 1 heterocycles. The van der Waals surface area contributed by atoms with Gasteiger partial charge in [-0.05, 0) is 43.3 Å². The molecule has 2 aromatic carbocycles. The van der Waals surface area contributed by atoms with Crippen molar-refractivity contribution < 1.29 is 9.59 Å². The van der Waals surface area contributed by atoms with Crippen molar-refractivity contribution in [1.29, 1.82) is 0 Å². The van der Waals surface area contributed by atoms with E-state index in [1.54, 1.807) is 48.5 Å². The smallest absolute Gasteiger partial charge is 0.254 e. The molecule has 0 aliphatic carbocycles. The van der Waals surface area contributed by atoms with Gasteiger partial charge in [-0.2, -0.15) is 0 Å². The van der Waals surface area contributed by atoms with E-state index in [1.165, 1.54) is 13.1 Å². The number of carbonyl (C=O) groups is 2. The average Bonchev–Trinajstić information content (AvgIpc) is 2.64. The number of H-pyrrole nitrogens is 1. The summed E-state index contributed by atoms with van der Waals surface area (Å²) in [4.78, 5) is 42.8. The zero-order valence-electron chi connectivity index (χ0n) is 14.5. The lowest BCUT2D eigenvalue weighted by molar-refractivity contribution is -0.115. The summed E-state index contributed by atoms with van der Waals surface area (Å²) in [5.41, 5.74) is 1.57. The van der Waals surface area contributed by atoms with Crippen LogP contribution in [-0.4, -0.2) is 21.7 Å². The molecule has 0 aliphatic rings. The Bertz CT molecular complexity index is 1060. The molecule has 0 atom stereocenters. The van der Waals surface area contributed by atoms with Gasteiger partial charge in [0.05, 0.1) is 6.42 Å². The molecule has 2 N–H and O–H groups in total. The number of ketones is 1. The Morgan fingerprint density at radius 3 is 2.56 bits per heavy atom. The van der Waals surface area contributed by atoms with Crippen molar-refractivity contribution in [3.05, 3.63) is 81.2 Å². The van der Waals surface area contributed by atoms with Crippen molar-refractivity contribution in [2.75, 3.05) is 5.32 Å². The highest BCUT2D eigenvalue weighted by molar-refractivity contribution is 6.30. The van der Waals surface area contributed by atoms with Crippen molar-refractivity contribution in [1.82, 2.24) is 9.97 Å². The lowest BCUT2D eigenvalue weighted by atomic mass is 10.1. The number of Topliss-reactive ketones (excluding diaryl/α,β-unsaturated/α-hetero) is 1. The number of carbonyl (C=O) groups excluding carboxylic acids is 2. The molecule has 27 heavy (non-hydrogen) atoms.